The van der Waals surface area contributed by atoms with E-state index < -0.39 is 0 Å². The molecule has 0 saturated heterocycles. The highest BCUT2D eigenvalue weighted by Gasteiger charge is 1.84. The van der Waals surface area contributed by atoms with Gasteiger partial charge in [0.25, 0.3) is 0 Å². The average molecular weight is 178 g/mol. The van der Waals surface area contributed by atoms with E-state index in [2.05, 4.69) is 4.99 Å². The maximum Gasteiger partial charge on any atom is 0.0955 e. The summed E-state index contributed by atoms with van der Waals surface area (Å²) in [6.45, 7) is 0. The van der Waals surface area contributed by atoms with Crippen LogP contribution in [0.25, 0.3) is 0 Å². The van der Waals surface area contributed by atoms with Crippen molar-refractivity contribution in [3.63, 3.8) is 0 Å². The molecule has 0 aliphatic rings. The Bertz CT molecular complexity index is 269. The monoisotopic (exact) mass is 178 g/mol. The third-order valence-corrected chi connectivity index (χ3v) is 1.64. The number of aliphatic imine (C=N–C) groups is 1. The average Bonchev–Trinajstić information content (AvgIpc) is 2.16. The van der Waals surface area contributed by atoms with Gasteiger partial charge in [-0.15, -0.1) is 0 Å². The van der Waals surface area contributed by atoms with E-state index >= 15 is 0 Å². The molecule has 1 aromatic carbocycles. The summed E-state index contributed by atoms with van der Waals surface area (Å²) < 4.78 is 0. The smallest absolute Gasteiger partial charge is 0.0955 e. The first-order valence-electron chi connectivity index (χ1n) is 3.59. The van der Waals surface area contributed by atoms with Crippen molar-refractivity contribution >= 4 is 29.7 Å². The number of nitrogens with zero attached hydrogens (tertiary/aromatic N) is 2. The van der Waals surface area contributed by atoms with E-state index in [1.807, 2.05) is 37.4 Å². The van der Waals surface area contributed by atoms with E-state index in [0.29, 0.717) is 0 Å². The molecule has 0 bridgehead atoms. The molecule has 0 aromatic heterocycles. The van der Waals surface area contributed by atoms with Crippen molar-refractivity contribution in [1.82, 2.24) is 4.90 Å². The van der Waals surface area contributed by atoms with Crippen LogP contribution >= 0.6 is 12.2 Å². The van der Waals surface area contributed by atoms with Crippen LogP contribution in [0.4, 0.5) is 5.69 Å². The second-order valence-corrected chi connectivity index (χ2v) is 2.56. The molecular weight excluding hydrogens is 168 g/mol. The fourth-order valence-electron chi connectivity index (χ4n) is 0.699. The van der Waals surface area contributed by atoms with Crippen LogP contribution < -0.4 is 0 Å². The van der Waals surface area contributed by atoms with Gasteiger partial charge in [-0.1, -0.05) is 30.4 Å². The molecule has 2 nitrogen and oxygen atoms in total. The summed E-state index contributed by atoms with van der Waals surface area (Å²) in [5.74, 6) is 0. The first-order chi connectivity index (χ1) is 5.83. The molecule has 0 aliphatic carbocycles. The van der Waals surface area contributed by atoms with Crippen molar-refractivity contribution in [2.45, 2.75) is 0 Å². The quantitative estimate of drug-likeness (QED) is 0.401. The van der Waals surface area contributed by atoms with Crippen LogP contribution in [-0.4, -0.2) is 23.8 Å². The number of rotatable bonds is 3. The molecule has 0 spiro atoms. The van der Waals surface area contributed by atoms with E-state index in [4.69, 9.17) is 12.2 Å². The standard InChI is InChI=1S/C9H10N2S/c1-11(8-12)7-10-9-5-3-2-4-6-9/h2-8H,1H3. The fraction of sp³-hybridized carbons (Fsp3) is 0.111. The topological polar surface area (TPSA) is 15.6 Å². The highest BCUT2D eigenvalue weighted by molar-refractivity contribution is 7.78. The molecule has 3 heteroatoms. The molecule has 0 saturated carbocycles. The fourth-order valence-corrected chi connectivity index (χ4v) is 0.753. The zero-order valence-corrected chi connectivity index (χ0v) is 7.66. The lowest BCUT2D eigenvalue weighted by Crippen LogP contribution is -2.10. The van der Waals surface area contributed by atoms with Gasteiger partial charge in [0, 0.05) is 7.05 Å². The lowest BCUT2D eigenvalue weighted by atomic mass is 10.3. The van der Waals surface area contributed by atoms with Crippen LogP contribution in [0, 0.1) is 0 Å². The van der Waals surface area contributed by atoms with Gasteiger partial charge >= 0.3 is 0 Å². The predicted octanol–water partition coefficient (Wildman–Crippen LogP) is 2.24. The zero-order chi connectivity index (χ0) is 8.81. The minimum atomic E-state index is 0.932. The molecule has 0 atom stereocenters. The van der Waals surface area contributed by atoms with Crippen molar-refractivity contribution in [2.75, 3.05) is 7.05 Å². The molecule has 0 radical (unpaired) electrons. The molecule has 0 N–H and O–H groups in total. The summed E-state index contributed by atoms with van der Waals surface area (Å²) >= 11 is 4.70. The Kier molecular flexibility index (Phi) is 3.41. The Balaban J connectivity index is 2.63. The Morgan fingerprint density at radius 3 is 2.58 bits per heavy atom. The predicted molar refractivity (Wildman–Crippen MR) is 56.0 cm³/mol. The Morgan fingerprint density at radius 2 is 2.00 bits per heavy atom. The summed E-state index contributed by atoms with van der Waals surface area (Å²) in [4.78, 5) is 5.90. The molecular formula is C9H10N2S. The number of benzene rings is 1. The third-order valence-electron chi connectivity index (χ3n) is 1.31. The van der Waals surface area contributed by atoms with Gasteiger partial charge in [-0.3, -0.25) is 0 Å². The molecule has 0 heterocycles. The van der Waals surface area contributed by atoms with Gasteiger partial charge in [0.05, 0.1) is 17.5 Å². The maximum atomic E-state index is 4.70. The van der Waals surface area contributed by atoms with Gasteiger partial charge in [-0.25, -0.2) is 4.99 Å². The number of thiocarbonyl (C=S) groups is 1. The van der Waals surface area contributed by atoms with Crippen molar-refractivity contribution in [3.8, 4) is 0 Å². The molecule has 0 unspecified atom stereocenters. The largest absolute Gasteiger partial charge is 0.333 e. The third kappa shape index (κ3) is 2.80. The lowest BCUT2D eigenvalue weighted by Gasteiger charge is -2.01. The highest BCUT2D eigenvalue weighted by Crippen LogP contribution is 2.08. The van der Waals surface area contributed by atoms with Crippen molar-refractivity contribution in [3.05, 3.63) is 30.3 Å². The number of para-hydroxylation sites is 1. The van der Waals surface area contributed by atoms with Gasteiger partial charge in [-0.05, 0) is 12.1 Å². The maximum absolute atomic E-state index is 4.70. The van der Waals surface area contributed by atoms with Crippen LogP contribution in [0.3, 0.4) is 0 Å². The van der Waals surface area contributed by atoms with Gasteiger partial charge in [-0.2, -0.15) is 0 Å². The summed E-state index contributed by atoms with van der Waals surface area (Å²) in [5, 5.41) is 0. The van der Waals surface area contributed by atoms with Crippen LogP contribution in [0.15, 0.2) is 35.3 Å². The lowest BCUT2D eigenvalue weighted by molar-refractivity contribution is 0.816. The van der Waals surface area contributed by atoms with Crippen LogP contribution in [-0.2, 0) is 0 Å². The second kappa shape index (κ2) is 4.62. The van der Waals surface area contributed by atoms with E-state index in [1.54, 1.807) is 11.2 Å². The van der Waals surface area contributed by atoms with Crippen molar-refractivity contribution in [1.29, 1.82) is 0 Å². The first-order valence-corrected chi connectivity index (χ1v) is 4.06. The zero-order valence-electron chi connectivity index (χ0n) is 6.84. The van der Waals surface area contributed by atoms with Gasteiger partial charge in [0.2, 0.25) is 0 Å². The van der Waals surface area contributed by atoms with E-state index in [-0.39, 0.29) is 0 Å². The Labute approximate surface area is 77.5 Å². The normalized spacial score (nSPS) is 10.1. The van der Waals surface area contributed by atoms with E-state index in [1.165, 1.54) is 5.49 Å². The molecule has 0 aliphatic heterocycles. The van der Waals surface area contributed by atoms with Crippen molar-refractivity contribution in [2.24, 2.45) is 4.99 Å². The van der Waals surface area contributed by atoms with Crippen LogP contribution in [0.2, 0.25) is 0 Å². The Morgan fingerprint density at radius 1 is 1.33 bits per heavy atom. The van der Waals surface area contributed by atoms with Crippen molar-refractivity contribution < 1.29 is 0 Å². The summed E-state index contributed by atoms with van der Waals surface area (Å²) in [7, 11) is 1.85. The number of hydrogen-bond donors (Lipinski definition) is 0. The molecule has 12 heavy (non-hydrogen) atoms. The van der Waals surface area contributed by atoms with Crippen LogP contribution in [0.5, 0.6) is 0 Å². The molecule has 1 rings (SSSR count). The molecule has 0 amide bonds. The van der Waals surface area contributed by atoms with E-state index in [9.17, 15) is 0 Å². The molecule has 0 fully saturated rings. The van der Waals surface area contributed by atoms with Gasteiger partial charge in [0.1, 0.15) is 0 Å². The SMILES string of the molecule is CN(C=S)C=Nc1ccccc1. The first kappa shape index (κ1) is 8.87. The summed E-state index contributed by atoms with van der Waals surface area (Å²) in [6.07, 6.45) is 1.68. The van der Waals surface area contributed by atoms with Gasteiger partial charge < -0.3 is 4.90 Å². The van der Waals surface area contributed by atoms with Crippen LogP contribution in [0.1, 0.15) is 0 Å². The van der Waals surface area contributed by atoms with Gasteiger partial charge in [0.15, 0.2) is 0 Å². The van der Waals surface area contributed by atoms with E-state index in [0.717, 1.165) is 5.69 Å². The molecule has 62 valence electrons. The number of hydrogen-bond acceptors (Lipinski definition) is 2. The molecule has 1 aromatic rings. The second-order valence-electron chi connectivity index (χ2n) is 2.35. The Hall–Kier alpha value is -1.22. The summed E-state index contributed by atoms with van der Waals surface area (Å²) in [6, 6.07) is 9.73. The highest BCUT2D eigenvalue weighted by atomic mass is 32.1. The minimum Gasteiger partial charge on any atom is -0.333 e. The summed E-state index contributed by atoms with van der Waals surface area (Å²) in [5.41, 5.74) is 2.47. The minimum absolute atomic E-state index is 0.932.